The predicted octanol–water partition coefficient (Wildman–Crippen LogP) is 0.832. The van der Waals surface area contributed by atoms with Crippen molar-refractivity contribution < 1.29 is 0 Å². The second-order valence-electron chi connectivity index (χ2n) is 2.03. The van der Waals surface area contributed by atoms with E-state index in [9.17, 15) is 0 Å². The first kappa shape index (κ1) is 6.50. The second kappa shape index (κ2) is 2.32. The maximum atomic E-state index is 5.46. The molecule has 0 radical (unpaired) electrons. The van der Waals surface area contributed by atoms with Crippen molar-refractivity contribution in [3.63, 3.8) is 0 Å². The highest BCUT2D eigenvalue weighted by atomic mass is 14.6. The summed E-state index contributed by atoms with van der Waals surface area (Å²) < 4.78 is 0. The van der Waals surface area contributed by atoms with Gasteiger partial charge in [0.15, 0.2) is 0 Å². The van der Waals surface area contributed by atoms with E-state index < -0.39 is 0 Å². The Labute approximate surface area is 59.8 Å². The third kappa shape index (κ3) is 1.20. The summed E-state index contributed by atoms with van der Waals surface area (Å²) in [6, 6.07) is 5.08. The molecule has 0 heterocycles. The summed E-state index contributed by atoms with van der Waals surface area (Å²) in [7, 11) is 0. The van der Waals surface area contributed by atoms with Gasteiger partial charge in [-0.2, -0.15) is 0 Å². The zero-order valence-corrected chi connectivity index (χ0v) is 5.46. The quantitative estimate of drug-likeness (QED) is 0.406. The van der Waals surface area contributed by atoms with Crippen LogP contribution in [0.1, 0.15) is 5.56 Å². The number of terminal acetylenes is 1. The lowest BCUT2D eigenvalue weighted by atomic mass is 10.2. The number of anilines is 2. The molecule has 2 nitrogen and oxygen atoms in total. The highest BCUT2D eigenvalue weighted by molar-refractivity contribution is 5.57. The molecule has 1 aromatic carbocycles. The third-order valence-corrected chi connectivity index (χ3v) is 1.14. The zero-order valence-electron chi connectivity index (χ0n) is 5.46. The molecule has 0 aliphatic heterocycles. The van der Waals surface area contributed by atoms with Crippen molar-refractivity contribution in [3.05, 3.63) is 23.8 Å². The highest BCUT2D eigenvalue weighted by Crippen LogP contribution is 2.11. The van der Waals surface area contributed by atoms with Gasteiger partial charge in [0, 0.05) is 16.9 Å². The summed E-state index contributed by atoms with van der Waals surface area (Å²) in [4.78, 5) is 0. The van der Waals surface area contributed by atoms with E-state index in [-0.39, 0.29) is 0 Å². The van der Waals surface area contributed by atoms with Gasteiger partial charge in [-0.05, 0) is 18.2 Å². The van der Waals surface area contributed by atoms with E-state index in [2.05, 4.69) is 5.92 Å². The van der Waals surface area contributed by atoms with Crippen molar-refractivity contribution in [2.75, 3.05) is 11.5 Å². The SMILES string of the molecule is C#Cc1cc(N)cc(N)c1. The highest BCUT2D eigenvalue weighted by Gasteiger charge is 1.90. The standard InChI is InChI=1S/C8H8N2/c1-2-6-3-7(9)5-8(10)4-6/h1,3-5H,9-10H2. The molecule has 0 saturated carbocycles. The monoisotopic (exact) mass is 132 g/mol. The average molecular weight is 132 g/mol. The Morgan fingerprint density at radius 2 is 1.60 bits per heavy atom. The normalized spacial score (nSPS) is 8.70. The summed E-state index contributed by atoms with van der Waals surface area (Å²) in [6.07, 6.45) is 5.13. The first-order chi connectivity index (χ1) is 4.72. The molecule has 1 rings (SSSR count). The number of benzene rings is 1. The Kier molecular flexibility index (Phi) is 1.51. The van der Waals surface area contributed by atoms with E-state index in [1.54, 1.807) is 18.2 Å². The molecule has 10 heavy (non-hydrogen) atoms. The summed E-state index contributed by atoms with van der Waals surface area (Å²) in [6.45, 7) is 0. The summed E-state index contributed by atoms with van der Waals surface area (Å²) >= 11 is 0. The smallest absolute Gasteiger partial charge is 0.0347 e. The van der Waals surface area contributed by atoms with Gasteiger partial charge in [-0.3, -0.25) is 0 Å². The molecule has 0 spiro atoms. The van der Waals surface area contributed by atoms with Crippen molar-refractivity contribution >= 4 is 11.4 Å². The van der Waals surface area contributed by atoms with Gasteiger partial charge in [0.1, 0.15) is 0 Å². The van der Waals surface area contributed by atoms with E-state index in [0.29, 0.717) is 11.4 Å². The van der Waals surface area contributed by atoms with Crippen LogP contribution >= 0.6 is 0 Å². The van der Waals surface area contributed by atoms with Crippen molar-refractivity contribution in [1.29, 1.82) is 0 Å². The molecule has 0 aliphatic carbocycles. The van der Waals surface area contributed by atoms with Gasteiger partial charge >= 0.3 is 0 Å². The molecule has 50 valence electrons. The molecule has 0 saturated heterocycles. The van der Waals surface area contributed by atoms with Crippen LogP contribution in [0.25, 0.3) is 0 Å². The van der Waals surface area contributed by atoms with Gasteiger partial charge in [0.2, 0.25) is 0 Å². The summed E-state index contributed by atoms with van der Waals surface area (Å²) in [5, 5.41) is 0. The topological polar surface area (TPSA) is 52.0 Å². The van der Waals surface area contributed by atoms with E-state index in [1.165, 1.54) is 0 Å². The minimum atomic E-state index is 0.605. The van der Waals surface area contributed by atoms with Crippen LogP contribution in [0.15, 0.2) is 18.2 Å². The van der Waals surface area contributed by atoms with Gasteiger partial charge in [-0.1, -0.05) is 5.92 Å². The van der Waals surface area contributed by atoms with Gasteiger partial charge in [-0.15, -0.1) is 6.42 Å². The predicted molar refractivity (Wildman–Crippen MR) is 43.2 cm³/mol. The lowest BCUT2D eigenvalue weighted by molar-refractivity contribution is 1.62. The molecular weight excluding hydrogens is 124 g/mol. The Balaban J connectivity index is 3.22. The van der Waals surface area contributed by atoms with Crippen LogP contribution in [0.2, 0.25) is 0 Å². The first-order valence-electron chi connectivity index (χ1n) is 2.85. The molecule has 0 unspecified atom stereocenters. The minimum Gasteiger partial charge on any atom is -0.399 e. The van der Waals surface area contributed by atoms with Crippen LogP contribution in [-0.4, -0.2) is 0 Å². The van der Waals surface area contributed by atoms with E-state index >= 15 is 0 Å². The largest absolute Gasteiger partial charge is 0.399 e. The van der Waals surface area contributed by atoms with Crippen LogP contribution in [-0.2, 0) is 0 Å². The second-order valence-corrected chi connectivity index (χ2v) is 2.03. The molecule has 0 aromatic heterocycles. The lowest BCUT2D eigenvalue weighted by Gasteiger charge is -1.96. The molecule has 0 bridgehead atoms. The van der Waals surface area contributed by atoms with E-state index in [1.807, 2.05) is 0 Å². The summed E-state index contributed by atoms with van der Waals surface area (Å²) in [5.74, 6) is 2.45. The molecule has 0 aliphatic rings. The number of nitrogen functional groups attached to an aromatic ring is 2. The van der Waals surface area contributed by atoms with Crippen molar-refractivity contribution in [2.45, 2.75) is 0 Å². The van der Waals surface area contributed by atoms with Gasteiger partial charge < -0.3 is 11.5 Å². The van der Waals surface area contributed by atoms with Crippen molar-refractivity contribution in [1.82, 2.24) is 0 Å². The van der Waals surface area contributed by atoms with Crippen LogP contribution in [0.5, 0.6) is 0 Å². The van der Waals surface area contributed by atoms with Crippen LogP contribution in [0.3, 0.4) is 0 Å². The third-order valence-electron chi connectivity index (χ3n) is 1.14. The Hall–Kier alpha value is -1.62. The van der Waals surface area contributed by atoms with Gasteiger partial charge in [0.25, 0.3) is 0 Å². The molecule has 2 heteroatoms. The van der Waals surface area contributed by atoms with Crippen LogP contribution in [0.4, 0.5) is 11.4 Å². The van der Waals surface area contributed by atoms with Crippen molar-refractivity contribution in [2.24, 2.45) is 0 Å². The minimum absolute atomic E-state index is 0.605. The van der Waals surface area contributed by atoms with E-state index in [4.69, 9.17) is 17.9 Å². The Bertz CT molecular complexity index is 264. The number of hydrogen-bond acceptors (Lipinski definition) is 2. The van der Waals surface area contributed by atoms with Crippen LogP contribution in [0, 0.1) is 12.3 Å². The first-order valence-corrected chi connectivity index (χ1v) is 2.85. The molecular formula is C8H8N2. The zero-order chi connectivity index (χ0) is 7.56. The van der Waals surface area contributed by atoms with Gasteiger partial charge in [0.05, 0.1) is 0 Å². The van der Waals surface area contributed by atoms with E-state index in [0.717, 1.165) is 5.56 Å². The number of rotatable bonds is 0. The molecule has 1 aromatic rings. The number of hydrogen-bond donors (Lipinski definition) is 2. The number of nitrogens with two attached hydrogens (primary N) is 2. The van der Waals surface area contributed by atoms with Crippen molar-refractivity contribution in [3.8, 4) is 12.3 Å². The molecule has 0 amide bonds. The van der Waals surface area contributed by atoms with Gasteiger partial charge in [-0.25, -0.2) is 0 Å². The molecule has 0 fully saturated rings. The molecule has 4 N–H and O–H groups in total. The maximum Gasteiger partial charge on any atom is 0.0347 e. The fourth-order valence-corrected chi connectivity index (χ4v) is 0.760. The van der Waals surface area contributed by atoms with Crippen LogP contribution < -0.4 is 11.5 Å². The molecule has 0 atom stereocenters. The Morgan fingerprint density at radius 3 is 2.00 bits per heavy atom. The summed E-state index contributed by atoms with van der Waals surface area (Å²) in [5.41, 5.74) is 12.8. The lowest BCUT2D eigenvalue weighted by Crippen LogP contribution is -1.90. The average Bonchev–Trinajstić information content (AvgIpc) is 1.85. The maximum absolute atomic E-state index is 5.46. The Morgan fingerprint density at radius 1 is 1.10 bits per heavy atom. The fraction of sp³-hybridized carbons (Fsp3) is 0. The fourth-order valence-electron chi connectivity index (χ4n) is 0.760.